The Morgan fingerprint density at radius 1 is 1.40 bits per heavy atom. The van der Waals surface area contributed by atoms with E-state index in [0.29, 0.717) is 10.9 Å². The van der Waals surface area contributed by atoms with Crippen molar-refractivity contribution in [3.63, 3.8) is 0 Å². The fourth-order valence-electron chi connectivity index (χ4n) is 1.82. The predicted octanol–water partition coefficient (Wildman–Crippen LogP) is 2.85. The lowest BCUT2D eigenvalue weighted by Gasteiger charge is -2.01. The molecule has 20 heavy (non-hydrogen) atoms. The summed E-state index contributed by atoms with van der Waals surface area (Å²) in [5.74, 6) is 0.452. The van der Waals surface area contributed by atoms with E-state index in [1.165, 1.54) is 23.6 Å². The Balaban J connectivity index is 1.97. The van der Waals surface area contributed by atoms with Gasteiger partial charge in [-0.1, -0.05) is 22.6 Å². The summed E-state index contributed by atoms with van der Waals surface area (Å²) in [7, 11) is 1.59. The number of nitrogens with one attached hydrogen (secondary N) is 1. The molecule has 3 rings (SSSR count). The smallest absolute Gasteiger partial charge is 0.296 e. The van der Waals surface area contributed by atoms with Gasteiger partial charge in [0.2, 0.25) is 5.76 Å². The summed E-state index contributed by atoms with van der Waals surface area (Å²) >= 11 is 1.39. The Labute approximate surface area is 118 Å². The van der Waals surface area contributed by atoms with Gasteiger partial charge in [-0.15, -0.1) is 0 Å². The van der Waals surface area contributed by atoms with Crippen LogP contribution in [0.5, 0.6) is 5.75 Å². The molecule has 0 bridgehead atoms. The molecule has 102 valence electrons. The average Bonchev–Trinajstić information content (AvgIpc) is 3.08. The number of thiazole rings is 1. The minimum atomic E-state index is -0.377. The molecule has 0 atom stereocenters. The van der Waals surface area contributed by atoms with E-state index in [0.717, 1.165) is 15.8 Å². The monoisotopic (exact) mass is 289 g/mol. The van der Waals surface area contributed by atoms with Gasteiger partial charge < -0.3 is 9.26 Å². The maximum absolute atomic E-state index is 11.9. The van der Waals surface area contributed by atoms with Gasteiger partial charge >= 0.3 is 0 Å². The van der Waals surface area contributed by atoms with Gasteiger partial charge in [0.15, 0.2) is 5.13 Å². The molecular weight excluding hydrogens is 278 g/mol. The highest BCUT2D eigenvalue weighted by atomic mass is 32.1. The molecule has 6 nitrogen and oxygen atoms in total. The molecule has 0 fully saturated rings. The number of methoxy groups -OCH3 is 1. The quantitative estimate of drug-likeness (QED) is 0.802. The Morgan fingerprint density at radius 3 is 2.95 bits per heavy atom. The lowest BCUT2D eigenvalue weighted by molar-refractivity contribution is 0.0988. The number of hydrogen-bond donors (Lipinski definition) is 1. The molecule has 0 spiro atoms. The van der Waals surface area contributed by atoms with Crippen molar-refractivity contribution < 1.29 is 14.1 Å². The van der Waals surface area contributed by atoms with Gasteiger partial charge in [-0.2, -0.15) is 0 Å². The minimum absolute atomic E-state index is 0.146. The molecule has 0 aliphatic heterocycles. The molecule has 1 aromatic carbocycles. The Morgan fingerprint density at radius 2 is 2.25 bits per heavy atom. The standard InChI is InChI=1S/C13H11N3O3S/c1-7-3-4-8(18-2)10-11(7)20-13(15-10)16-12(17)9-5-6-14-19-9/h3-6H,1-2H3,(H,15,16,17). The van der Waals surface area contributed by atoms with E-state index in [4.69, 9.17) is 9.26 Å². The van der Waals surface area contributed by atoms with Gasteiger partial charge in [0, 0.05) is 6.07 Å². The Kier molecular flexibility index (Phi) is 3.11. The van der Waals surface area contributed by atoms with Crippen LogP contribution in [0.3, 0.4) is 0 Å². The molecular formula is C13H11N3O3S. The van der Waals surface area contributed by atoms with Crippen LogP contribution >= 0.6 is 11.3 Å². The van der Waals surface area contributed by atoms with Crippen molar-refractivity contribution in [2.45, 2.75) is 6.92 Å². The van der Waals surface area contributed by atoms with Crippen LogP contribution in [0.4, 0.5) is 5.13 Å². The number of rotatable bonds is 3. The third kappa shape index (κ3) is 2.12. The van der Waals surface area contributed by atoms with Crippen molar-refractivity contribution in [1.82, 2.24) is 10.1 Å². The topological polar surface area (TPSA) is 77.2 Å². The fourth-order valence-corrected chi connectivity index (χ4v) is 2.77. The summed E-state index contributed by atoms with van der Waals surface area (Å²) in [6, 6.07) is 5.31. The van der Waals surface area contributed by atoms with Crippen molar-refractivity contribution in [2.24, 2.45) is 0 Å². The lowest BCUT2D eigenvalue weighted by atomic mass is 10.2. The van der Waals surface area contributed by atoms with Crippen LogP contribution < -0.4 is 10.1 Å². The highest BCUT2D eigenvalue weighted by molar-refractivity contribution is 7.22. The number of aryl methyl sites for hydroxylation is 1. The molecule has 7 heteroatoms. The Hall–Kier alpha value is -2.41. The lowest BCUT2D eigenvalue weighted by Crippen LogP contribution is -2.10. The van der Waals surface area contributed by atoms with Crippen LogP contribution in [0.25, 0.3) is 10.2 Å². The molecule has 0 radical (unpaired) electrons. The first-order valence-electron chi connectivity index (χ1n) is 5.85. The number of carbonyl (C=O) groups is 1. The van der Waals surface area contributed by atoms with Gasteiger partial charge in [-0.3, -0.25) is 10.1 Å². The normalized spacial score (nSPS) is 10.7. The maximum atomic E-state index is 11.9. The largest absolute Gasteiger partial charge is 0.494 e. The molecule has 0 unspecified atom stereocenters. The minimum Gasteiger partial charge on any atom is -0.494 e. The van der Waals surface area contributed by atoms with Crippen LogP contribution in [0, 0.1) is 6.92 Å². The number of nitrogens with zero attached hydrogens (tertiary/aromatic N) is 2. The highest BCUT2D eigenvalue weighted by Crippen LogP contribution is 2.34. The summed E-state index contributed by atoms with van der Waals surface area (Å²) in [5, 5.41) is 6.68. The molecule has 2 heterocycles. The SMILES string of the molecule is COc1ccc(C)c2sc(NC(=O)c3ccno3)nc12. The number of aromatic nitrogens is 2. The molecule has 2 aromatic heterocycles. The number of hydrogen-bond acceptors (Lipinski definition) is 6. The summed E-state index contributed by atoms with van der Waals surface area (Å²) in [6.45, 7) is 1.99. The molecule has 0 aliphatic carbocycles. The van der Waals surface area contributed by atoms with Crippen LogP contribution in [0.1, 0.15) is 16.1 Å². The van der Waals surface area contributed by atoms with Crippen molar-refractivity contribution in [1.29, 1.82) is 0 Å². The number of carbonyl (C=O) groups excluding carboxylic acids is 1. The van der Waals surface area contributed by atoms with Gasteiger partial charge in [-0.25, -0.2) is 4.98 Å². The summed E-state index contributed by atoms with van der Waals surface area (Å²) in [6.07, 6.45) is 1.42. The number of ether oxygens (including phenoxy) is 1. The van der Waals surface area contributed by atoms with E-state index in [1.54, 1.807) is 7.11 Å². The van der Waals surface area contributed by atoms with Crippen molar-refractivity contribution >= 4 is 32.6 Å². The van der Waals surface area contributed by atoms with E-state index in [-0.39, 0.29) is 11.7 Å². The fraction of sp³-hybridized carbons (Fsp3) is 0.154. The van der Waals surface area contributed by atoms with E-state index in [9.17, 15) is 4.79 Å². The van der Waals surface area contributed by atoms with E-state index >= 15 is 0 Å². The summed E-state index contributed by atoms with van der Waals surface area (Å²) in [5.41, 5.74) is 1.82. The number of amides is 1. The van der Waals surface area contributed by atoms with Crippen LogP contribution in [-0.2, 0) is 0 Å². The zero-order valence-corrected chi connectivity index (χ0v) is 11.7. The number of fused-ring (bicyclic) bond motifs is 1. The maximum Gasteiger partial charge on any atom is 0.296 e. The molecule has 1 amide bonds. The predicted molar refractivity (Wildman–Crippen MR) is 75.4 cm³/mol. The summed E-state index contributed by atoms with van der Waals surface area (Å²) in [4.78, 5) is 16.3. The van der Waals surface area contributed by atoms with Crippen molar-refractivity contribution in [2.75, 3.05) is 12.4 Å². The van der Waals surface area contributed by atoms with Crippen molar-refractivity contribution in [3.8, 4) is 5.75 Å². The Bertz CT molecular complexity index is 765. The van der Waals surface area contributed by atoms with Gasteiger partial charge in [0.05, 0.1) is 18.0 Å². The molecule has 0 saturated carbocycles. The van der Waals surface area contributed by atoms with E-state index < -0.39 is 0 Å². The van der Waals surface area contributed by atoms with Crippen LogP contribution in [0.2, 0.25) is 0 Å². The van der Waals surface area contributed by atoms with Gasteiger partial charge in [-0.05, 0) is 18.6 Å². The molecule has 3 aromatic rings. The molecule has 0 saturated heterocycles. The third-order valence-electron chi connectivity index (χ3n) is 2.81. The second-order valence-electron chi connectivity index (χ2n) is 4.11. The third-order valence-corrected chi connectivity index (χ3v) is 3.91. The first-order valence-corrected chi connectivity index (χ1v) is 6.67. The second-order valence-corrected chi connectivity index (χ2v) is 5.11. The number of anilines is 1. The average molecular weight is 289 g/mol. The van der Waals surface area contributed by atoms with Crippen LogP contribution in [0.15, 0.2) is 28.9 Å². The van der Waals surface area contributed by atoms with Crippen LogP contribution in [-0.4, -0.2) is 23.2 Å². The first kappa shape index (κ1) is 12.6. The second kappa shape index (κ2) is 4.93. The van der Waals surface area contributed by atoms with E-state index in [2.05, 4.69) is 15.5 Å². The van der Waals surface area contributed by atoms with Crippen molar-refractivity contribution in [3.05, 3.63) is 35.7 Å². The molecule has 0 aliphatic rings. The summed E-state index contributed by atoms with van der Waals surface area (Å²) < 4.78 is 11.1. The molecule has 1 N–H and O–H groups in total. The number of benzene rings is 1. The van der Waals surface area contributed by atoms with Gasteiger partial charge in [0.1, 0.15) is 11.3 Å². The van der Waals surface area contributed by atoms with E-state index in [1.807, 2.05) is 19.1 Å². The highest BCUT2D eigenvalue weighted by Gasteiger charge is 2.15. The zero-order chi connectivity index (χ0) is 14.1. The zero-order valence-electron chi connectivity index (χ0n) is 10.8. The first-order chi connectivity index (χ1) is 9.69. The van der Waals surface area contributed by atoms with Gasteiger partial charge in [0.25, 0.3) is 5.91 Å².